The zero-order valence-corrected chi connectivity index (χ0v) is 6.91. The first-order chi connectivity index (χ1) is 6.60. The summed E-state index contributed by atoms with van der Waals surface area (Å²) in [5.74, 6) is -3.89. The number of rotatable bonds is 2. The molecular formula is C8H6F2O4. The topological polar surface area (TPSA) is 48.7 Å². The Morgan fingerprint density at radius 3 is 2.79 bits per heavy atom. The zero-order chi connectivity index (χ0) is 10.2. The number of ether oxygens (including phenoxy) is 2. The fourth-order valence-corrected chi connectivity index (χ4v) is 1.13. The molecule has 0 spiro atoms. The summed E-state index contributed by atoms with van der Waals surface area (Å²) in [6.07, 6.45) is -1.57. The number of carbonyl (C=O) groups excluding carboxylic acids is 1. The first-order valence-corrected chi connectivity index (χ1v) is 3.86. The highest BCUT2D eigenvalue weighted by atomic mass is 19.3. The van der Waals surface area contributed by atoms with E-state index >= 15 is 0 Å². The molecular weight excluding hydrogens is 198 g/mol. The monoisotopic (exact) mass is 204 g/mol. The van der Waals surface area contributed by atoms with E-state index in [1.165, 1.54) is 6.07 Å². The number of halogens is 2. The van der Waals surface area contributed by atoms with Crippen LogP contribution in [0.5, 0.6) is 0 Å². The molecule has 76 valence electrons. The highest BCUT2D eigenvalue weighted by Crippen LogP contribution is 2.35. The Hall–Kier alpha value is -1.59. The van der Waals surface area contributed by atoms with Crippen LogP contribution < -0.4 is 0 Å². The molecule has 0 amide bonds. The van der Waals surface area contributed by atoms with Crippen molar-refractivity contribution in [1.29, 1.82) is 0 Å². The van der Waals surface area contributed by atoms with Crippen molar-refractivity contribution < 1.29 is 27.5 Å². The Morgan fingerprint density at radius 2 is 2.29 bits per heavy atom. The molecule has 1 unspecified atom stereocenters. The van der Waals surface area contributed by atoms with Crippen LogP contribution in [0.2, 0.25) is 0 Å². The molecule has 1 fully saturated rings. The van der Waals surface area contributed by atoms with Crippen LogP contribution in [-0.2, 0) is 15.4 Å². The first kappa shape index (κ1) is 8.98. The van der Waals surface area contributed by atoms with E-state index in [1.807, 2.05) is 0 Å². The van der Waals surface area contributed by atoms with Gasteiger partial charge in [-0.15, -0.1) is 0 Å². The van der Waals surface area contributed by atoms with E-state index in [0.717, 1.165) is 12.3 Å². The van der Waals surface area contributed by atoms with Crippen LogP contribution in [0.15, 0.2) is 22.8 Å². The molecule has 1 aliphatic rings. The Labute approximate surface area is 77.4 Å². The molecule has 1 aromatic heterocycles. The second-order valence-electron chi connectivity index (χ2n) is 2.77. The van der Waals surface area contributed by atoms with Crippen LogP contribution in [0.1, 0.15) is 5.76 Å². The van der Waals surface area contributed by atoms with Crippen LogP contribution in [0.4, 0.5) is 13.6 Å². The molecule has 4 nitrogen and oxygen atoms in total. The van der Waals surface area contributed by atoms with Crippen LogP contribution >= 0.6 is 0 Å². The van der Waals surface area contributed by atoms with Crippen LogP contribution in [0, 0.1) is 0 Å². The smallest absolute Gasteiger partial charge is 0.463 e. The Balaban J connectivity index is 2.20. The van der Waals surface area contributed by atoms with E-state index < -0.39 is 30.5 Å². The van der Waals surface area contributed by atoms with Gasteiger partial charge in [-0.1, -0.05) is 0 Å². The third-order valence-electron chi connectivity index (χ3n) is 1.85. The van der Waals surface area contributed by atoms with Gasteiger partial charge in [0.2, 0.25) is 6.10 Å². The lowest BCUT2D eigenvalue weighted by Crippen LogP contribution is -2.32. The molecule has 6 heteroatoms. The summed E-state index contributed by atoms with van der Waals surface area (Å²) in [5.41, 5.74) is 0. The molecule has 2 heterocycles. The highest BCUT2D eigenvalue weighted by Gasteiger charge is 2.50. The van der Waals surface area contributed by atoms with Crippen LogP contribution in [0.25, 0.3) is 0 Å². The maximum Gasteiger partial charge on any atom is 0.509 e. The minimum absolute atomic E-state index is 0.466. The summed E-state index contributed by atoms with van der Waals surface area (Å²) in [7, 11) is 0. The molecule has 0 aliphatic carbocycles. The number of hydrogen-bond acceptors (Lipinski definition) is 4. The second kappa shape index (κ2) is 2.97. The Kier molecular flexibility index (Phi) is 1.90. The van der Waals surface area contributed by atoms with Crippen molar-refractivity contribution in [2.24, 2.45) is 0 Å². The predicted molar refractivity (Wildman–Crippen MR) is 38.8 cm³/mol. The lowest BCUT2D eigenvalue weighted by atomic mass is 10.1. The van der Waals surface area contributed by atoms with Crippen molar-refractivity contribution >= 4 is 6.16 Å². The van der Waals surface area contributed by atoms with Gasteiger partial charge in [-0.05, 0) is 12.1 Å². The van der Waals surface area contributed by atoms with Gasteiger partial charge in [0, 0.05) is 0 Å². The average molecular weight is 204 g/mol. The SMILES string of the molecule is O=C1OCC(C(F)(F)c2ccco2)O1. The molecule has 1 atom stereocenters. The number of alkyl halides is 2. The van der Waals surface area contributed by atoms with Gasteiger partial charge in [-0.3, -0.25) is 0 Å². The van der Waals surface area contributed by atoms with Gasteiger partial charge in [0.25, 0.3) is 0 Å². The summed E-state index contributed by atoms with van der Waals surface area (Å²) in [6, 6.07) is 2.45. The third kappa shape index (κ3) is 1.32. The van der Waals surface area contributed by atoms with E-state index in [-0.39, 0.29) is 0 Å². The summed E-state index contributed by atoms with van der Waals surface area (Å²) in [4.78, 5) is 10.5. The van der Waals surface area contributed by atoms with Gasteiger partial charge < -0.3 is 13.9 Å². The summed E-state index contributed by atoms with van der Waals surface area (Å²) < 4.78 is 39.9. The molecule has 1 aliphatic heterocycles. The quantitative estimate of drug-likeness (QED) is 0.690. The summed E-state index contributed by atoms with van der Waals surface area (Å²) in [5, 5.41) is 0. The molecule has 2 rings (SSSR count). The van der Waals surface area contributed by atoms with Gasteiger partial charge in [0.15, 0.2) is 5.76 Å². The van der Waals surface area contributed by atoms with Crippen molar-refractivity contribution in [3.8, 4) is 0 Å². The van der Waals surface area contributed by atoms with Crippen molar-refractivity contribution in [2.75, 3.05) is 6.61 Å². The summed E-state index contributed by atoms with van der Waals surface area (Å²) >= 11 is 0. The first-order valence-electron chi connectivity index (χ1n) is 3.86. The molecule has 14 heavy (non-hydrogen) atoms. The number of furan rings is 1. The molecule has 0 N–H and O–H groups in total. The van der Waals surface area contributed by atoms with Gasteiger partial charge in [-0.2, -0.15) is 8.78 Å². The van der Waals surface area contributed by atoms with E-state index in [9.17, 15) is 13.6 Å². The molecule has 0 bridgehead atoms. The lowest BCUT2D eigenvalue weighted by Gasteiger charge is -2.17. The minimum atomic E-state index is -3.35. The third-order valence-corrected chi connectivity index (χ3v) is 1.85. The van der Waals surface area contributed by atoms with E-state index in [4.69, 9.17) is 0 Å². The van der Waals surface area contributed by atoms with Crippen LogP contribution in [-0.4, -0.2) is 18.9 Å². The van der Waals surface area contributed by atoms with Crippen molar-refractivity contribution in [3.63, 3.8) is 0 Å². The Morgan fingerprint density at radius 1 is 1.50 bits per heavy atom. The number of cyclic esters (lactones) is 2. The van der Waals surface area contributed by atoms with E-state index in [1.54, 1.807) is 0 Å². The molecule has 0 saturated carbocycles. The molecule has 1 saturated heterocycles. The molecule has 0 radical (unpaired) electrons. The normalized spacial score (nSPS) is 21.9. The van der Waals surface area contributed by atoms with Gasteiger partial charge in [0.05, 0.1) is 6.26 Å². The average Bonchev–Trinajstić information content (AvgIpc) is 2.72. The molecule has 0 aromatic carbocycles. The fourth-order valence-electron chi connectivity index (χ4n) is 1.13. The maximum atomic E-state index is 13.4. The predicted octanol–water partition coefficient (Wildman–Crippen LogP) is 1.91. The van der Waals surface area contributed by atoms with Crippen LogP contribution in [0.3, 0.4) is 0 Å². The van der Waals surface area contributed by atoms with Gasteiger partial charge >= 0.3 is 12.1 Å². The highest BCUT2D eigenvalue weighted by molar-refractivity contribution is 5.62. The van der Waals surface area contributed by atoms with Crippen molar-refractivity contribution in [1.82, 2.24) is 0 Å². The largest absolute Gasteiger partial charge is 0.509 e. The second-order valence-corrected chi connectivity index (χ2v) is 2.77. The maximum absolute atomic E-state index is 13.4. The number of hydrogen-bond donors (Lipinski definition) is 0. The van der Waals surface area contributed by atoms with Crippen molar-refractivity contribution in [3.05, 3.63) is 24.2 Å². The van der Waals surface area contributed by atoms with Gasteiger partial charge in [0.1, 0.15) is 6.61 Å². The van der Waals surface area contributed by atoms with E-state index in [2.05, 4.69) is 13.9 Å². The van der Waals surface area contributed by atoms with Gasteiger partial charge in [-0.25, -0.2) is 4.79 Å². The zero-order valence-electron chi connectivity index (χ0n) is 6.91. The summed E-state index contributed by atoms with van der Waals surface area (Å²) in [6.45, 7) is -0.466. The standard InChI is InChI=1S/C8H6F2O4/c9-8(10,5-2-1-3-12-5)6-4-13-7(11)14-6/h1-3,6H,4H2. The van der Waals surface area contributed by atoms with E-state index in [0.29, 0.717) is 0 Å². The lowest BCUT2D eigenvalue weighted by molar-refractivity contribution is -0.114. The number of carbonyl (C=O) groups is 1. The van der Waals surface area contributed by atoms with Crippen molar-refractivity contribution in [2.45, 2.75) is 12.0 Å². The fraction of sp³-hybridized carbons (Fsp3) is 0.375. The minimum Gasteiger partial charge on any atom is -0.463 e. The molecule has 1 aromatic rings. The Bertz CT molecular complexity index is 333.